The predicted octanol–water partition coefficient (Wildman–Crippen LogP) is 2.85. The van der Waals surface area contributed by atoms with E-state index in [1.165, 1.54) is 12.1 Å². The van der Waals surface area contributed by atoms with Gasteiger partial charge < -0.3 is 10.1 Å². The summed E-state index contributed by atoms with van der Waals surface area (Å²) in [6.07, 6.45) is 0. The topological polar surface area (TPSA) is 68.6 Å². The number of anilines is 1. The predicted molar refractivity (Wildman–Crippen MR) is 109 cm³/mol. The number of nitrogens with zero attached hydrogens (tertiary/aromatic N) is 3. The van der Waals surface area contributed by atoms with Crippen LogP contribution in [0.1, 0.15) is 18.1 Å². The van der Waals surface area contributed by atoms with Gasteiger partial charge in [0.25, 0.3) is 0 Å². The van der Waals surface area contributed by atoms with Crippen molar-refractivity contribution in [2.24, 2.45) is 0 Å². The molecule has 0 unspecified atom stereocenters. The SMILES string of the molecule is COc1ccc(F)cc1CN1CCN([C@H](C)C(=O)Nc2ccccc2C#N)CC1. The normalized spacial score (nSPS) is 16.1. The molecule has 1 aliphatic heterocycles. The average Bonchev–Trinajstić information content (AvgIpc) is 2.74. The lowest BCUT2D eigenvalue weighted by molar-refractivity contribution is -0.121. The zero-order chi connectivity index (χ0) is 20.8. The highest BCUT2D eigenvalue weighted by atomic mass is 19.1. The highest BCUT2D eigenvalue weighted by Gasteiger charge is 2.26. The summed E-state index contributed by atoms with van der Waals surface area (Å²) in [5, 5.41) is 12.0. The summed E-state index contributed by atoms with van der Waals surface area (Å²) >= 11 is 0. The lowest BCUT2D eigenvalue weighted by Gasteiger charge is -2.37. The standard InChI is InChI=1S/C22H25FN4O2/c1-16(22(28)25-20-6-4-3-5-17(20)14-24)27-11-9-26(10-12-27)15-18-13-19(23)7-8-21(18)29-2/h3-8,13,16H,9-12,15H2,1-2H3,(H,25,28)/t16-/m1/s1. The second-order valence-corrected chi connectivity index (χ2v) is 7.09. The quantitative estimate of drug-likeness (QED) is 0.813. The van der Waals surface area contributed by atoms with Crippen molar-refractivity contribution in [2.45, 2.75) is 19.5 Å². The van der Waals surface area contributed by atoms with Crippen LogP contribution in [0.15, 0.2) is 42.5 Å². The van der Waals surface area contributed by atoms with Crippen LogP contribution in [-0.2, 0) is 11.3 Å². The summed E-state index contributed by atoms with van der Waals surface area (Å²) in [5.74, 6) is 0.271. The summed E-state index contributed by atoms with van der Waals surface area (Å²) in [6.45, 7) is 5.47. The van der Waals surface area contributed by atoms with Crippen LogP contribution in [0.4, 0.5) is 10.1 Å². The van der Waals surface area contributed by atoms with Crippen LogP contribution in [0, 0.1) is 17.1 Å². The third kappa shape index (κ3) is 5.11. The van der Waals surface area contributed by atoms with Gasteiger partial charge in [-0.15, -0.1) is 0 Å². The Morgan fingerprint density at radius 2 is 1.97 bits per heavy atom. The average molecular weight is 396 g/mol. The van der Waals surface area contributed by atoms with Gasteiger partial charge in [-0.3, -0.25) is 14.6 Å². The molecule has 0 aliphatic carbocycles. The monoisotopic (exact) mass is 396 g/mol. The fourth-order valence-corrected chi connectivity index (χ4v) is 3.51. The third-order valence-corrected chi connectivity index (χ3v) is 5.28. The van der Waals surface area contributed by atoms with E-state index in [9.17, 15) is 14.4 Å². The second-order valence-electron chi connectivity index (χ2n) is 7.09. The molecular weight excluding hydrogens is 371 g/mol. The van der Waals surface area contributed by atoms with Gasteiger partial charge in [-0.1, -0.05) is 12.1 Å². The number of nitrogens with one attached hydrogen (secondary N) is 1. The number of halogens is 1. The molecule has 6 nitrogen and oxygen atoms in total. The molecule has 1 amide bonds. The maximum Gasteiger partial charge on any atom is 0.241 e. The van der Waals surface area contributed by atoms with E-state index in [1.807, 2.05) is 6.92 Å². The number of carbonyl (C=O) groups excluding carboxylic acids is 1. The van der Waals surface area contributed by atoms with Crippen molar-refractivity contribution in [1.82, 2.24) is 9.80 Å². The highest BCUT2D eigenvalue weighted by molar-refractivity contribution is 5.95. The van der Waals surface area contributed by atoms with E-state index in [2.05, 4.69) is 21.2 Å². The van der Waals surface area contributed by atoms with Gasteiger partial charge in [0, 0.05) is 38.3 Å². The largest absolute Gasteiger partial charge is 0.496 e. The van der Waals surface area contributed by atoms with Gasteiger partial charge in [0.1, 0.15) is 17.6 Å². The van der Waals surface area contributed by atoms with E-state index in [1.54, 1.807) is 37.4 Å². The van der Waals surface area contributed by atoms with Crippen LogP contribution < -0.4 is 10.1 Å². The molecule has 2 aromatic carbocycles. The molecule has 1 atom stereocenters. The minimum atomic E-state index is -0.312. The fourth-order valence-electron chi connectivity index (χ4n) is 3.51. The number of para-hydroxylation sites is 1. The smallest absolute Gasteiger partial charge is 0.241 e. The number of hydrogen-bond acceptors (Lipinski definition) is 5. The molecule has 0 radical (unpaired) electrons. The molecule has 3 rings (SSSR count). The van der Waals surface area contributed by atoms with Crippen LogP contribution >= 0.6 is 0 Å². The number of methoxy groups -OCH3 is 1. The van der Waals surface area contributed by atoms with Crippen molar-refractivity contribution in [3.8, 4) is 11.8 Å². The Labute approximate surface area is 170 Å². The van der Waals surface area contributed by atoms with E-state index in [4.69, 9.17) is 4.74 Å². The minimum absolute atomic E-state index is 0.132. The number of benzene rings is 2. The number of piperazine rings is 1. The third-order valence-electron chi connectivity index (χ3n) is 5.28. The molecule has 1 aliphatic rings. The Bertz CT molecular complexity index is 904. The lowest BCUT2D eigenvalue weighted by atomic mass is 10.1. The summed E-state index contributed by atoms with van der Waals surface area (Å²) < 4.78 is 18.9. The van der Waals surface area contributed by atoms with Gasteiger partial charge in [-0.05, 0) is 37.3 Å². The number of ether oxygens (including phenoxy) is 1. The molecule has 0 spiro atoms. The van der Waals surface area contributed by atoms with Crippen molar-refractivity contribution in [2.75, 3.05) is 38.6 Å². The summed E-state index contributed by atoms with van der Waals surface area (Å²) in [5.41, 5.74) is 1.80. The van der Waals surface area contributed by atoms with Crippen molar-refractivity contribution in [3.63, 3.8) is 0 Å². The Morgan fingerprint density at radius 1 is 1.24 bits per heavy atom. The number of amides is 1. The van der Waals surface area contributed by atoms with Crippen molar-refractivity contribution in [1.29, 1.82) is 5.26 Å². The van der Waals surface area contributed by atoms with Crippen molar-refractivity contribution < 1.29 is 13.9 Å². The molecule has 0 aromatic heterocycles. The Morgan fingerprint density at radius 3 is 2.66 bits per heavy atom. The molecule has 29 heavy (non-hydrogen) atoms. The maximum absolute atomic E-state index is 13.6. The molecule has 0 saturated carbocycles. The van der Waals surface area contributed by atoms with E-state index < -0.39 is 0 Å². The van der Waals surface area contributed by atoms with E-state index >= 15 is 0 Å². The fraction of sp³-hybridized carbons (Fsp3) is 0.364. The first-order valence-corrected chi connectivity index (χ1v) is 9.60. The van der Waals surface area contributed by atoms with Gasteiger partial charge in [-0.2, -0.15) is 5.26 Å². The summed E-state index contributed by atoms with van der Waals surface area (Å²) in [6, 6.07) is 13.3. The Balaban J connectivity index is 1.55. The first kappa shape index (κ1) is 20.8. The van der Waals surface area contributed by atoms with Crippen LogP contribution in [0.5, 0.6) is 5.75 Å². The van der Waals surface area contributed by atoms with Gasteiger partial charge in [-0.25, -0.2) is 4.39 Å². The zero-order valence-corrected chi connectivity index (χ0v) is 16.7. The van der Waals surface area contributed by atoms with Crippen molar-refractivity contribution in [3.05, 3.63) is 59.4 Å². The first-order valence-electron chi connectivity index (χ1n) is 9.60. The molecule has 1 saturated heterocycles. The van der Waals surface area contributed by atoms with Gasteiger partial charge in [0.2, 0.25) is 5.91 Å². The minimum Gasteiger partial charge on any atom is -0.496 e. The van der Waals surface area contributed by atoms with Gasteiger partial charge in [0.15, 0.2) is 0 Å². The Kier molecular flexibility index (Phi) is 6.81. The van der Waals surface area contributed by atoms with Crippen LogP contribution in [0.25, 0.3) is 0 Å². The molecule has 1 heterocycles. The molecule has 0 bridgehead atoms. The molecule has 152 valence electrons. The first-order chi connectivity index (χ1) is 14.0. The molecular formula is C22H25FN4O2. The molecule has 7 heteroatoms. The van der Waals surface area contributed by atoms with E-state index in [0.29, 0.717) is 23.5 Å². The van der Waals surface area contributed by atoms with Gasteiger partial charge in [0.05, 0.1) is 24.4 Å². The molecule has 1 fully saturated rings. The van der Waals surface area contributed by atoms with Crippen LogP contribution in [0.2, 0.25) is 0 Å². The maximum atomic E-state index is 13.6. The number of carbonyl (C=O) groups is 1. The Hall–Kier alpha value is -2.95. The van der Waals surface area contributed by atoms with Gasteiger partial charge >= 0.3 is 0 Å². The number of hydrogen-bond donors (Lipinski definition) is 1. The highest BCUT2D eigenvalue weighted by Crippen LogP contribution is 2.22. The van der Waals surface area contributed by atoms with E-state index in [-0.39, 0.29) is 17.8 Å². The lowest BCUT2D eigenvalue weighted by Crippen LogP contribution is -2.52. The summed E-state index contributed by atoms with van der Waals surface area (Å²) in [7, 11) is 1.58. The zero-order valence-electron chi connectivity index (χ0n) is 16.7. The van der Waals surface area contributed by atoms with Crippen LogP contribution in [0.3, 0.4) is 0 Å². The van der Waals surface area contributed by atoms with E-state index in [0.717, 1.165) is 31.7 Å². The number of rotatable bonds is 6. The second kappa shape index (κ2) is 9.50. The molecule has 2 aromatic rings. The number of nitriles is 1. The van der Waals surface area contributed by atoms with Crippen LogP contribution in [-0.4, -0.2) is 55.0 Å². The molecule has 1 N–H and O–H groups in total. The summed E-state index contributed by atoms with van der Waals surface area (Å²) in [4.78, 5) is 17.0. The van der Waals surface area contributed by atoms with Crippen molar-refractivity contribution >= 4 is 11.6 Å².